The smallest absolute Gasteiger partial charge is 0.325 e. The van der Waals surface area contributed by atoms with Crippen LogP contribution in [0.15, 0.2) is 60.9 Å². The van der Waals surface area contributed by atoms with Crippen LogP contribution in [-0.2, 0) is 11.3 Å². The highest BCUT2D eigenvalue weighted by Crippen LogP contribution is 2.14. The van der Waals surface area contributed by atoms with Crippen molar-refractivity contribution in [1.29, 1.82) is 0 Å². The molecule has 0 amide bonds. The molecule has 0 aliphatic carbocycles. The minimum Gasteiger partial charge on any atom is -0.480 e. The SMILES string of the molecule is O=C(O)C(NCc1cn2ccccc2n1)c1ccccc1. The van der Waals surface area contributed by atoms with Gasteiger partial charge in [0.2, 0.25) is 0 Å². The average molecular weight is 281 g/mol. The summed E-state index contributed by atoms with van der Waals surface area (Å²) < 4.78 is 1.91. The molecule has 0 bridgehead atoms. The molecule has 0 saturated carbocycles. The summed E-state index contributed by atoms with van der Waals surface area (Å²) in [6.07, 6.45) is 3.81. The minimum absolute atomic E-state index is 0.396. The number of nitrogens with one attached hydrogen (secondary N) is 1. The van der Waals surface area contributed by atoms with E-state index in [1.807, 2.05) is 53.2 Å². The van der Waals surface area contributed by atoms with Crippen molar-refractivity contribution in [1.82, 2.24) is 14.7 Å². The normalized spacial score (nSPS) is 12.4. The third-order valence-electron chi connectivity index (χ3n) is 3.28. The zero-order valence-corrected chi connectivity index (χ0v) is 11.3. The Morgan fingerprint density at radius 2 is 1.95 bits per heavy atom. The Hall–Kier alpha value is -2.66. The molecular formula is C16H15N3O2. The van der Waals surface area contributed by atoms with Crippen molar-refractivity contribution < 1.29 is 9.90 Å². The zero-order valence-electron chi connectivity index (χ0n) is 11.3. The van der Waals surface area contributed by atoms with Gasteiger partial charge in [-0.2, -0.15) is 0 Å². The standard InChI is InChI=1S/C16H15N3O2/c20-16(21)15(12-6-2-1-3-7-12)17-10-13-11-19-9-5-4-8-14(19)18-13/h1-9,11,15,17H,10H2,(H,20,21). The van der Waals surface area contributed by atoms with E-state index in [0.29, 0.717) is 6.54 Å². The monoisotopic (exact) mass is 281 g/mol. The second kappa shape index (κ2) is 5.76. The number of nitrogens with zero attached hydrogens (tertiary/aromatic N) is 2. The van der Waals surface area contributed by atoms with Gasteiger partial charge in [0.15, 0.2) is 0 Å². The van der Waals surface area contributed by atoms with Crippen molar-refractivity contribution >= 4 is 11.6 Å². The number of carbonyl (C=O) groups is 1. The Morgan fingerprint density at radius 3 is 2.67 bits per heavy atom. The summed E-state index contributed by atoms with van der Waals surface area (Å²) >= 11 is 0. The average Bonchev–Trinajstić information content (AvgIpc) is 2.91. The zero-order chi connectivity index (χ0) is 14.7. The number of aliphatic carboxylic acids is 1. The first-order valence-corrected chi connectivity index (χ1v) is 6.68. The summed E-state index contributed by atoms with van der Waals surface area (Å²) in [5.74, 6) is -0.898. The van der Waals surface area contributed by atoms with Crippen LogP contribution in [0.1, 0.15) is 17.3 Å². The largest absolute Gasteiger partial charge is 0.480 e. The van der Waals surface area contributed by atoms with E-state index in [9.17, 15) is 9.90 Å². The van der Waals surface area contributed by atoms with E-state index in [1.54, 1.807) is 12.1 Å². The predicted octanol–water partition coefficient (Wildman–Crippen LogP) is 2.25. The molecular weight excluding hydrogens is 266 g/mol. The van der Waals surface area contributed by atoms with Gasteiger partial charge in [0.05, 0.1) is 5.69 Å². The molecule has 1 aromatic carbocycles. The van der Waals surface area contributed by atoms with E-state index in [4.69, 9.17) is 0 Å². The number of imidazole rings is 1. The van der Waals surface area contributed by atoms with Gasteiger partial charge in [-0.15, -0.1) is 0 Å². The van der Waals surface area contributed by atoms with Crippen LogP contribution >= 0.6 is 0 Å². The molecule has 0 spiro atoms. The molecule has 0 fully saturated rings. The van der Waals surface area contributed by atoms with Gasteiger partial charge >= 0.3 is 5.97 Å². The first-order chi connectivity index (χ1) is 10.2. The highest BCUT2D eigenvalue weighted by Gasteiger charge is 2.19. The van der Waals surface area contributed by atoms with Crippen LogP contribution < -0.4 is 5.32 Å². The fourth-order valence-electron chi connectivity index (χ4n) is 2.27. The summed E-state index contributed by atoms with van der Waals surface area (Å²) in [6, 6.07) is 14.1. The van der Waals surface area contributed by atoms with E-state index >= 15 is 0 Å². The summed E-state index contributed by atoms with van der Waals surface area (Å²) in [7, 11) is 0. The molecule has 2 heterocycles. The molecule has 3 aromatic rings. The molecule has 5 nitrogen and oxygen atoms in total. The molecule has 0 aliphatic rings. The van der Waals surface area contributed by atoms with Crippen molar-refractivity contribution in [3.8, 4) is 0 Å². The molecule has 1 unspecified atom stereocenters. The lowest BCUT2D eigenvalue weighted by atomic mass is 10.1. The van der Waals surface area contributed by atoms with E-state index in [-0.39, 0.29) is 0 Å². The van der Waals surface area contributed by atoms with Gasteiger partial charge in [-0.05, 0) is 17.7 Å². The van der Waals surface area contributed by atoms with Crippen molar-refractivity contribution in [3.05, 3.63) is 72.2 Å². The Kier molecular flexibility index (Phi) is 3.66. The Labute approximate surface area is 121 Å². The van der Waals surface area contributed by atoms with Crippen LogP contribution in [-0.4, -0.2) is 20.5 Å². The molecule has 0 saturated heterocycles. The predicted molar refractivity (Wildman–Crippen MR) is 78.9 cm³/mol. The first kappa shape index (κ1) is 13.3. The maximum absolute atomic E-state index is 11.4. The third-order valence-corrected chi connectivity index (χ3v) is 3.28. The fourth-order valence-corrected chi connectivity index (χ4v) is 2.27. The Bertz CT molecular complexity index is 719. The first-order valence-electron chi connectivity index (χ1n) is 6.68. The van der Waals surface area contributed by atoms with E-state index < -0.39 is 12.0 Å². The van der Waals surface area contributed by atoms with Crippen LogP contribution in [0.2, 0.25) is 0 Å². The van der Waals surface area contributed by atoms with Crippen molar-refractivity contribution in [3.63, 3.8) is 0 Å². The number of pyridine rings is 1. The number of fused-ring (bicyclic) bond motifs is 1. The van der Waals surface area contributed by atoms with Crippen LogP contribution in [0.4, 0.5) is 0 Å². The summed E-state index contributed by atoms with van der Waals surface area (Å²) in [5, 5.41) is 12.4. The second-order valence-corrected chi connectivity index (χ2v) is 4.76. The van der Waals surface area contributed by atoms with Gasteiger partial charge in [0.25, 0.3) is 0 Å². The third kappa shape index (κ3) is 2.93. The number of benzene rings is 1. The number of hydrogen-bond donors (Lipinski definition) is 2. The van der Waals surface area contributed by atoms with E-state index in [1.165, 1.54) is 0 Å². The van der Waals surface area contributed by atoms with E-state index in [2.05, 4.69) is 10.3 Å². The number of carboxylic acids is 1. The van der Waals surface area contributed by atoms with Crippen LogP contribution in [0, 0.1) is 0 Å². The molecule has 2 aromatic heterocycles. The van der Waals surface area contributed by atoms with Crippen LogP contribution in [0.3, 0.4) is 0 Å². The molecule has 0 radical (unpaired) electrons. The number of aromatic nitrogens is 2. The van der Waals surface area contributed by atoms with Crippen molar-refractivity contribution in [2.45, 2.75) is 12.6 Å². The molecule has 2 N–H and O–H groups in total. The lowest BCUT2D eigenvalue weighted by Crippen LogP contribution is -2.28. The van der Waals surface area contributed by atoms with Gasteiger partial charge in [0, 0.05) is 18.9 Å². The van der Waals surface area contributed by atoms with Gasteiger partial charge in [-0.25, -0.2) is 4.98 Å². The maximum atomic E-state index is 11.4. The van der Waals surface area contributed by atoms with Gasteiger partial charge < -0.3 is 9.51 Å². The molecule has 5 heteroatoms. The fraction of sp³-hybridized carbons (Fsp3) is 0.125. The number of carboxylic acid groups (broad SMARTS) is 1. The number of rotatable bonds is 5. The summed E-state index contributed by atoms with van der Waals surface area (Å²) in [6.45, 7) is 0.396. The quantitative estimate of drug-likeness (QED) is 0.752. The van der Waals surface area contributed by atoms with Gasteiger partial charge in [-0.1, -0.05) is 36.4 Å². The highest BCUT2D eigenvalue weighted by molar-refractivity contribution is 5.75. The topological polar surface area (TPSA) is 66.6 Å². The van der Waals surface area contributed by atoms with Crippen molar-refractivity contribution in [2.75, 3.05) is 0 Å². The Morgan fingerprint density at radius 1 is 1.19 bits per heavy atom. The van der Waals surface area contributed by atoms with Crippen LogP contribution in [0.25, 0.3) is 5.65 Å². The summed E-state index contributed by atoms with van der Waals surface area (Å²) in [4.78, 5) is 15.9. The molecule has 0 aliphatic heterocycles. The molecule has 3 rings (SSSR count). The highest BCUT2D eigenvalue weighted by atomic mass is 16.4. The molecule has 1 atom stereocenters. The minimum atomic E-state index is -0.898. The molecule has 21 heavy (non-hydrogen) atoms. The lowest BCUT2D eigenvalue weighted by Gasteiger charge is -2.13. The second-order valence-electron chi connectivity index (χ2n) is 4.76. The van der Waals surface area contributed by atoms with Gasteiger partial charge in [0.1, 0.15) is 11.7 Å². The lowest BCUT2D eigenvalue weighted by molar-refractivity contribution is -0.139. The van der Waals surface area contributed by atoms with Gasteiger partial charge in [-0.3, -0.25) is 10.1 Å². The van der Waals surface area contributed by atoms with Crippen molar-refractivity contribution in [2.24, 2.45) is 0 Å². The Balaban J connectivity index is 1.76. The number of hydrogen-bond acceptors (Lipinski definition) is 3. The maximum Gasteiger partial charge on any atom is 0.325 e. The van der Waals surface area contributed by atoms with Crippen LogP contribution in [0.5, 0.6) is 0 Å². The summed E-state index contributed by atoms with van der Waals surface area (Å²) in [5.41, 5.74) is 2.39. The van der Waals surface area contributed by atoms with E-state index in [0.717, 1.165) is 16.9 Å². The molecule has 106 valence electrons.